The largest absolute Gasteiger partial charge is 0.350 e. The SMILES string of the molecule is CCNCC1CCN(CC(=O)NC(C)(C)C)CC1.Cl. The fourth-order valence-corrected chi connectivity index (χ4v) is 2.36. The second kappa shape index (κ2) is 8.77. The minimum atomic E-state index is -0.125. The molecule has 4 nitrogen and oxygen atoms in total. The summed E-state index contributed by atoms with van der Waals surface area (Å²) >= 11 is 0. The summed E-state index contributed by atoms with van der Waals surface area (Å²) in [5, 5.41) is 6.43. The van der Waals surface area contributed by atoms with Crippen molar-refractivity contribution in [3.05, 3.63) is 0 Å². The molecule has 2 N–H and O–H groups in total. The van der Waals surface area contributed by atoms with Crippen LogP contribution >= 0.6 is 12.4 Å². The first-order valence-electron chi connectivity index (χ1n) is 7.15. The summed E-state index contributed by atoms with van der Waals surface area (Å²) in [6.07, 6.45) is 2.41. The van der Waals surface area contributed by atoms with E-state index in [0.717, 1.165) is 32.1 Å². The molecule has 0 aliphatic carbocycles. The van der Waals surface area contributed by atoms with Gasteiger partial charge in [0.2, 0.25) is 5.91 Å². The molecule has 1 aliphatic heterocycles. The third-order valence-corrected chi connectivity index (χ3v) is 3.27. The Kier molecular flexibility index (Phi) is 8.62. The average Bonchev–Trinajstić information content (AvgIpc) is 2.25. The first-order valence-corrected chi connectivity index (χ1v) is 7.15. The summed E-state index contributed by atoms with van der Waals surface area (Å²) in [4.78, 5) is 14.1. The Hall–Kier alpha value is -0.320. The van der Waals surface area contributed by atoms with Gasteiger partial charge in [0.05, 0.1) is 6.54 Å². The lowest BCUT2D eigenvalue weighted by Gasteiger charge is -2.32. The van der Waals surface area contributed by atoms with Gasteiger partial charge in [0.1, 0.15) is 0 Å². The average molecular weight is 292 g/mol. The van der Waals surface area contributed by atoms with Crippen LogP contribution in [0.2, 0.25) is 0 Å². The highest BCUT2D eigenvalue weighted by Gasteiger charge is 2.21. The Morgan fingerprint density at radius 2 is 1.84 bits per heavy atom. The molecule has 0 aromatic rings. The van der Waals surface area contributed by atoms with E-state index in [1.165, 1.54) is 12.8 Å². The molecule has 1 rings (SSSR count). The van der Waals surface area contributed by atoms with E-state index in [2.05, 4.69) is 22.5 Å². The summed E-state index contributed by atoms with van der Waals surface area (Å²) in [6, 6.07) is 0. The van der Waals surface area contributed by atoms with E-state index in [0.29, 0.717) is 6.54 Å². The van der Waals surface area contributed by atoms with E-state index in [4.69, 9.17) is 0 Å². The molecule has 0 spiro atoms. The molecule has 0 radical (unpaired) electrons. The molecule has 0 unspecified atom stereocenters. The van der Waals surface area contributed by atoms with Crippen LogP contribution in [0.15, 0.2) is 0 Å². The van der Waals surface area contributed by atoms with Crippen LogP contribution in [0.5, 0.6) is 0 Å². The lowest BCUT2D eigenvalue weighted by molar-refractivity contribution is -0.124. The molecule has 0 bridgehead atoms. The molecule has 5 heteroatoms. The van der Waals surface area contributed by atoms with Gasteiger partial charge in [-0.3, -0.25) is 9.69 Å². The molecule has 1 aliphatic rings. The fourth-order valence-electron chi connectivity index (χ4n) is 2.36. The Bertz CT molecular complexity index is 258. The molecule has 0 aromatic heterocycles. The number of nitrogens with one attached hydrogen (secondary N) is 2. The number of nitrogens with zero attached hydrogens (tertiary/aromatic N) is 1. The number of likely N-dealkylation sites (tertiary alicyclic amines) is 1. The van der Waals surface area contributed by atoms with E-state index in [9.17, 15) is 4.79 Å². The highest BCUT2D eigenvalue weighted by molar-refractivity contribution is 5.85. The van der Waals surface area contributed by atoms with Crippen LogP contribution in [0, 0.1) is 5.92 Å². The molecule has 1 saturated heterocycles. The topological polar surface area (TPSA) is 44.4 Å². The summed E-state index contributed by atoms with van der Waals surface area (Å²) in [5.41, 5.74) is -0.125. The van der Waals surface area contributed by atoms with Crippen molar-refractivity contribution in [2.75, 3.05) is 32.7 Å². The predicted octanol–water partition coefficient (Wildman–Crippen LogP) is 1.64. The molecule has 114 valence electrons. The van der Waals surface area contributed by atoms with Gasteiger partial charge in [-0.2, -0.15) is 0 Å². The van der Waals surface area contributed by atoms with Crippen LogP contribution < -0.4 is 10.6 Å². The van der Waals surface area contributed by atoms with Gasteiger partial charge < -0.3 is 10.6 Å². The predicted molar refractivity (Wildman–Crippen MR) is 82.9 cm³/mol. The van der Waals surface area contributed by atoms with Gasteiger partial charge in [-0.15, -0.1) is 12.4 Å². The van der Waals surface area contributed by atoms with Gasteiger partial charge in [0, 0.05) is 5.54 Å². The van der Waals surface area contributed by atoms with Crippen molar-refractivity contribution in [2.24, 2.45) is 5.92 Å². The Morgan fingerprint density at radius 1 is 1.26 bits per heavy atom. The zero-order chi connectivity index (χ0) is 13.6. The highest BCUT2D eigenvalue weighted by atomic mass is 35.5. The maximum absolute atomic E-state index is 11.8. The van der Waals surface area contributed by atoms with E-state index in [-0.39, 0.29) is 23.9 Å². The zero-order valence-corrected chi connectivity index (χ0v) is 13.6. The Labute approximate surface area is 124 Å². The minimum absolute atomic E-state index is 0. The van der Waals surface area contributed by atoms with Gasteiger partial charge in [-0.05, 0) is 65.7 Å². The molecule has 1 amide bonds. The number of rotatable bonds is 5. The zero-order valence-electron chi connectivity index (χ0n) is 12.8. The lowest BCUT2D eigenvalue weighted by atomic mass is 9.97. The van der Waals surface area contributed by atoms with E-state index < -0.39 is 0 Å². The van der Waals surface area contributed by atoms with Gasteiger partial charge in [-0.1, -0.05) is 6.92 Å². The number of halogens is 1. The number of piperidine rings is 1. The molecular weight excluding hydrogens is 262 g/mol. The van der Waals surface area contributed by atoms with Crippen molar-refractivity contribution in [3.8, 4) is 0 Å². The Morgan fingerprint density at radius 3 is 2.32 bits per heavy atom. The maximum Gasteiger partial charge on any atom is 0.234 e. The highest BCUT2D eigenvalue weighted by Crippen LogP contribution is 2.16. The van der Waals surface area contributed by atoms with Crippen molar-refractivity contribution >= 4 is 18.3 Å². The van der Waals surface area contributed by atoms with Crippen LogP contribution in [-0.4, -0.2) is 49.1 Å². The number of hydrogen-bond donors (Lipinski definition) is 2. The summed E-state index contributed by atoms with van der Waals surface area (Å²) in [7, 11) is 0. The van der Waals surface area contributed by atoms with Crippen molar-refractivity contribution < 1.29 is 4.79 Å². The summed E-state index contributed by atoms with van der Waals surface area (Å²) < 4.78 is 0. The molecule has 19 heavy (non-hydrogen) atoms. The van der Waals surface area contributed by atoms with Crippen molar-refractivity contribution in [2.45, 2.75) is 46.1 Å². The normalized spacial score (nSPS) is 17.9. The first kappa shape index (κ1) is 18.7. The van der Waals surface area contributed by atoms with E-state index >= 15 is 0 Å². The molecule has 1 fully saturated rings. The minimum Gasteiger partial charge on any atom is -0.350 e. The van der Waals surface area contributed by atoms with E-state index in [1.54, 1.807) is 0 Å². The van der Waals surface area contributed by atoms with Gasteiger partial charge in [0.25, 0.3) is 0 Å². The van der Waals surface area contributed by atoms with Crippen LogP contribution in [-0.2, 0) is 4.79 Å². The van der Waals surface area contributed by atoms with Gasteiger partial charge in [-0.25, -0.2) is 0 Å². The second-order valence-electron chi connectivity index (χ2n) is 6.33. The number of amides is 1. The maximum atomic E-state index is 11.8. The third kappa shape index (κ3) is 8.45. The van der Waals surface area contributed by atoms with Crippen LogP contribution in [0.3, 0.4) is 0 Å². The lowest BCUT2D eigenvalue weighted by Crippen LogP contribution is -2.48. The van der Waals surface area contributed by atoms with Crippen LogP contribution in [0.25, 0.3) is 0 Å². The molecule has 0 aromatic carbocycles. The fraction of sp³-hybridized carbons (Fsp3) is 0.929. The standard InChI is InChI=1S/C14H29N3O.ClH/c1-5-15-10-12-6-8-17(9-7-12)11-13(18)16-14(2,3)4;/h12,15H,5-11H2,1-4H3,(H,16,18);1H. The van der Waals surface area contributed by atoms with E-state index in [1.807, 2.05) is 20.8 Å². The molecule has 0 saturated carbocycles. The van der Waals surface area contributed by atoms with Gasteiger partial charge >= 0.3 is 0 Å². The number of carbonyl (C=O) groups excluding carboxylic acids is 1. The van der Waals surface area contributed by atoms with Gasteiger partial charge in [0.15, 0.2) is 0 Å². The third-order valence-electron chi connectivity index (χ3n) is 3.27. The number of carbonyl (C=O) groups is 1. The summed E-state index contributed by atoms with van der Waals surface area (Å²) in [5.74, 6) is 0.930. The quantitative estimate of drug-likeness (QED) is 0.809. The molecule has 1 heterocycles. The Balaban J connectivity index is 0.00000324. The molecular formula is C14H30ClN3O. The summed E-state index contributed by atoms with van der Waals surface area (Å²) in [6.45, 7) is 13.0. The monoisotopic (exact) mass is 291 g/mol. The number of hydrogen-bond acceptors (Lipinski definition) is 3. The van der Waals surface area contributed by atoms with Crippen molar-refractivity contribution in [3.63, 3.8) is 0 Å². The second-order valence-corrected chi connectivity index (χ2v) is 6.33. The van der Waals surface area contributed by atoms with Crippen LogP contribution in [0.1, 0.15) is 40.5 Å². The molecule has 0 atom stereocenters. The van der Waals surface area contributed by atoms with Crippen molar-refractivity contribution in [1.29, 1.82) is 0 Å². The smallest absolute Gasteiger partial charge is 0.234 e. The van der Waals surface area contributed by atoms with Crippen molar-refractivity contribution in [1.82, 2.24) is 15.5 Å². The van der Waals surface area contributed by atoms with Crippen LogP contribution in [0.4, 0.5) is 0 Å². The first-order chi connectivity index (χ1) is 8.40.